The van der Waals surface area contributed by atoms with Crippen LogP contribution in [-0.4, -0.2) is 72.8 Å². The monoisotopic (exact) mass is 493 g/mol. The zero-order valence-electron chi connectivity index (χ0n) is 19.0. The third-order valence-corrected chi connectivity index (χ3v) is 6.66. The van der Waals surface area contributed by atoms with Crippen LogP contribution in [0.25, 0.3) is 21.8 Å². The Morgan fingerprint density at radius 1 is 1.39 bits per heavy atom. The molecular formula is C22H28ClN5O4S. The SMILES string of the molecule is C[C@@H](CN1CC(C)(C)OC[C@H]1C(=O)Nc1cc(Cl)cc2c1[nH]c1cnccc12)NS(C)(=O)=O. The summed E-state index contributed by atoms with van der Waals surface area (Å²) < 4.78 is 31.8. The molecule has 3 N–H and O–H groups in total. The van der Waals surface area contributed by atoms with Crippen molar-refractivity contribution in [2.45, 2.75) is 38.5 Å². The fraction of sp³-hybridized carbons (Fsp3) is 0.455. The Hall–Kier alpha value is -2.24. The van der Waals surface area contributed by atoms with E-state index in [1.54, 1.807) is 25.4 Å². The van der Waals surface area contributed by atoms with Crippen molar-refractivity contribution < 1.29 is 17.9 Å². The van der Waals surface area contributed by atoms with Crippen LogP contribution in [0.2, 0.25) is 5.02 Å². The van der Waals surface area contributed by atoms with Gasteiger partial charge in [-0.05, 0) is 39.0 Å². The highest BCUT2D eigenvalue weighted by Gasteiger charge is 2.38. The summed E-state index contributed by atoms with van der Waals surface area (Å²) in [6.45, 7) is 6.69. The number of aromatic nitrogens is 2. The molecule has 0 bridgehead atoms. The van der Waals surface area contributed by atoms with Gasteiger partial charge in [-0.2, -0.15) is 0 Å². The Labute approximate surface area is 197 Å². The fourth-order valence-corrected chi connectivity index (χ4v) is 5.40. The van der Waals surface area contributed by atoms with Crippen molar-refractivity contribution in [2.24, 2.45) is 0 Å². The quantitative estimate of drug-likeness (QED) is 0.486. The number of nitrogens with zero attached hydrogens (tertiary/aromatic N) is 2. The van der Waals surface area contributed by atoms with Crippen LogP contribution in [0.3, 0.4) is 0 Å². The summed E-state index contributed by atoms with van der Waals surface area (Å²) in [4.78, 5) is 22.8. The number of pyridine rings is 1. The maximum absolute atomic E-state index is 13.4. The van der Waals surface area contributed by atoms with Gasteiger partial charge in [0.25, 0.3) is 0 Å². The number of hydrogen-bond donors (Lipinski definition) is 3. The van der Waals surface area contributed by atoms with Crippen molar-refractivity contribution in [3.05, 3.63) is 35.6 Å². The normalized spacial score (nSPS) is 20.2. The molecule has 9 nitrogen and oxygen atoms in total. The molecule has 33 heavy (non-hydrogen) atoms. The first kappa shape index (κ1) is 23.9. The number of ether oxygens (including phenoxy) is 1. The molecule has 3 aromatic rings. The van der Waals surface area contributed by atoms with E-state index in [0.29, 0.717) is 23.8 Å². The third-order valence-electron chi connectivity index (χ3n) is 5.61. The highest BCUT2D eigenvalue weighted by Crippen LogP contribution is 2.33. The number of amides is 1. The summed E-state index contributed by atoms with van der Waals surface area (Å²) in [7, 11) is -3.36. The number of fused-ring (bicyclic) bond motifs is 3. The van der Waals surface area contributed by atoms with Gasteiger partial charge in [0, 0.05) is 41.1 Å². The van der Waals surface area contributed by atoms with Crippen LogP contribution >= 0.6 is 11.6 Å². The van der Waals surface area contributed by atoms with Gasteiger partial charge >= 0.3 is 0 Å². The van der Waals surface area contributed by atoms with Crippen LogP contribution in [0.1, 0.15) is 20.8 Å². The van der Waals surface area contributed by atoms with Crippen molar-refractivity contribution >= 4 is 55.0 Å². The number of H-pyrrole nitrogens is 1. The van der Waals surface area contributed by atoms with E-state index in [0.717, 1.165) is 28.1 Å². The second-order valence-electron chi connectivity index (χ2n) is 9.22. The van der Waals surface area contributed by atoms with Crippen molar-refractivity contribution in [3.8, 4) is 0 Å². The molecule has 0 saturated carbocycles. The lowest BCUT2D eigenvalue weighted by molar-refractivity contribution is -0.143. The van der Waals surface area contributed by atoms with E-state index in [-0.39, 0.29) is 18.6 Å². The maximum Gasteiger partial charge on any atom is 0.244 e. The van der Waals surface area contributed by atoms with Gasteiger partial charge in [0.05, 0.1) is 41.4 Å². The summed E-state index contributed by atoms with van der Waals surface area (Å²) in [5.41, 5.74) is 1.70. The molecule has 11 heteroatoms. The van der Waals surface area contributed by atoms with E-state index >= 15 is 0 Å². The number of sulfonamides is 1. The number of benzene rings is 1. The lowest BCUT2D eigenvalue weighted by Crippen LogP contribution is -2.60. The standard InChI is InChI=1S/C22H28ClN5O4S/c1-13(27-33(4,30)31)10-28-12-22(2,3)32-11-19(28)21(29)26-17-8-14(23)7-16-15-5-6-24-9-18(15)25-20(16)17/h5-9,13,19,25,27H,10-12H2,1-4H3,(H,26,29)/t13-,19-/m0/s1. The molecular weight excluding hydrogens is 466 g/mol. The van der Waals surface area contributed by atoms with Gasteiger partial charge in [-0.15, -0.1) is 0 Å². The van der Waals surface area contributed by atoms with E-state index in [4.69, 9.17) is 16.3 Å². The Kier molecular flexibility index (Phi) is 6.41. The minimum Gasteiger partial charge on any atom is -0.372 e. The van der Waals surface area contributed by atoms with Crippen LogP contribution in [0.15, 0.2) is 30.6 Å². The molecule has 2 aromatic heterocycles. The van der Waals surface area contributed by atoms with E-state index in [9.17, 15) is 13.2 Å². The number of aromatic amines is 1. The number of rotatable bonds is 6. The first-order valence-corrected chi connectivity index (χ1v) is 12.9. The topological polar surface area (TPSA) is 116 Å². The van der Waals surface area contributed by atoms with E-state index < -0.39 is 21.7 Å². The molecule has 1 aromatic carbocycles. The Bertz CT molecular complexity index is 1310. The predicted octanol–water partition coefficient (Wildman–Crippen LogP) is 2.73. The largest absolute Gasteiger partial charge is 0.372 e. The molecule has 1 saturated heterocycles. The molecule has 0 spiro atoms. The van der Waals surface area contributed by atoms with Crippen molar-refractivity contribution in [1.29, 1.82) is 0 Å². The molecule has 178 valence electrons. The minimum atomic E-state index is -3.36. The number of morpholine rings is 1. The molecule has 3 heterocycles. The lowest BCUT2D eigenvalue weighted by Gasteiger charge is -2.43. The van der Waals surface area contributed by atoms with Gasteiger partial charge < -0.3 is 15.0 Å². The zero-order chi connectivity index (χ0) is 24.0. The Morgan fingerprint density at radius 3 is 2.88 bits per heavy atom. The number of carbonyl (C=O) groups excluding carboxylic acids is 1. The molecule has 2 atom stereocenters. The second-order valence-corrected chi connectivity index (χ2v) is 11.4. The van der Waals surface area contributed by atoms with Gasteiger partial charge in [0.1, 0.15) is 6.04 Å². The summed E-state index contributed by atoms with van der Waals surface area (Å²) >= 11 is 6.37. The molecule has 1 aliphatic heterocycles. The Morgan fingerprint density at radius 2 is 2.15 bits per heavy atom. The van der Waals surface area contributed by atoms with Gasteiger partial charge in [-0.1, -0.05) is 11.6 Å². The number of hydrogen-bond acceptors (Lipinski definition) is 6. The number of anilines is 1. The number of nitrogens with one attached hydrogen (secondary N) is 3. The molecule has 1 aliphatic rings. The fourth-order valence-electron chi connectivity index (χ4n) is 4.37. The summed E-state index contributed by atoms with van der Waals surface area (Å²) in [5, 5.41) is 5.35. The first-order valence-electron chi connectivity index (χ1n) is 10.6. The first-order chi connectivity index (χ1) is 15.4. The van der Waals surface area contributed by atoms with E-state index in [1.165, 1.54) is 0 Å². The highest BCUT2D eigenvalue weighted by atomic mass is 35.5. The van der Waals surface area contributed by atoms with Gasteiger partial charge in [-0.3, -0.25) is 14.7 Å². The van der Waals surface area contributed by atoms with Gasteiger partial charge in [0.2, 0.25) is 15.9 Å². The van der Waals surface area contributed by atoms with Crippen LogP contribution < -0.4 is 10.0 Å². The highest BCUT2D eigenvalue weighted by molar-refractivity contribution is 7.88. The number of halogens is 1. The summed E-state index contributed by atoms with van der Waals surface area (Å²) in [5.74, 6) is -0.252. The molecule has 0 unspecified atom stereocenters. The van der Waals surface area contributed by atoms with Crippen molar-refractivity contribution in [3.63, 3.8) is 0 Å². The molecule has 1 amide bonds. The van der Waals surface area contributed by atoms with Crippen LogP contribution in [0.4, 0.5) is 5.69 Å². The molecule has 0 aliphatic carbocycles. The third kappa shape index (κ3) is 5.47. The van der Waals surface area contributed by atoms with E-state index in [2.05, 4.69) is 20.0 Å². The smallest absolute Gasteiger partial charge is 0.244 e. The van der Waals surface area contributed by atoms with E-state index in [1.807, 2.05) is 30.9 Å². The Balaban J connectivity index is 1.61. The molecule has 0 radical (unpaired) electrons. The van der Waals surface area contributed by atoms with Crippen LogP contribution in [0, 0.1) is 0 Å². The summed E-state index contributed by atoms with van der Waals surface area (Å²) in [6, 6.07) is 4.48. The predicted molar refractivity (Wildman–Crippen MR) is 130 cm³/mol. The lowest BCUT2D eigenvalue weighted by atomic mass is 10.0. The average Bonchev–Trinajstić information content (AvgIpc) is 3.04. The average molecular weight is 494 g/mol. The summed E-state index contributed by atoms with van der Waals surface area (Å²) in [6.07, 6.45) is 4.56. The van der Waals surface area contributed by atoms with Crippen molar-refractivity contribution in [2.75, 3.05) is 31.3 Å². The zero-order valence-corrected chi connectivity index (χ0v) is 20.5. The minimum absolute atomic E-state index is 0.185. The molecule has 1 fully saturated rings. The maximum atomic E-state index is 13.4. The molecule has 4 rings (SSSR count). The van der Waals surface area contributed by atoms with Crippen molar-refractivity contribution in [1.82, 2.24) is 19.6 Å². The van der Waals surface area contributed by atoms with Gasteiger partial charge in [0.15, 0.2) is 0 Å². The second kappa shape index (κ2) is 8.84. The van der Waals surface area contributed by atoms with Crippen LogP contribution in [-0.2, 0) is 19.6 Å². The van der Waals surface area contributed by atoms with Crippen LogP contribution in [0.5, 0.6) is 0 Å². The van der Waals surface area contributed by atoms with Gasteiger partial charge in [-0.25, -0.2) is 13.1 Å². The number of carbonyl (C=O) groups is 1.